The molecular formula is C19H29BClFN2O5. The Morgan fingerprint density at radius 2 is 1.93 bits per heavy atom. The number of nitrogens with two attached hydrogens (primary N) is 1. The maximum atomic E-state index is 13.9. The van der Waals surface area contributed by atoms with Crippen LogP contribution in [0.1, 0.15) is 34.1 Å². The van der Waals surface area contributed by atoms with Crippen molar-refractivity contribution in [2.45, 2.75) is 57.3 Å². The third-order valence-electron chi connectivity index (χ3n) is 5.19. The number of nitrogens with one attached hydrogen (secondary N) is 1. The summed E-state index contributed by atoms with van der Waals surface area (Å²) in [6.45, 7) is 7.87. The van der Waals surface area contributed by atoms with Crippen molar-refractivity contribution < 1.29 is 28.0 Å². The van der Waals surface area contributed by atoms with E-state index in [9.17, 15) is 9.18 Å². The van der Waals surface area contributed by atoms with Crippen LogP contribution in [0.2, 0.25) is 5.02 Å². The molecule has 1 aromatic rings. The zero-order valence-corrected chi connectivity index (χ0v) is 18.2. The first-order valence-corrected chi connectivity index (χ1v) is 9.83. The van der Waals surface area contributed by atoms with Crippen molar-refractivity contribution in [3.63, 3.8) is 0 Å². The lowest BCUT2D eigenvalue weighted by molar-refractivity contribution is -0.123. The van der Waals surface area contributed by atoms with Crippen LogP contribution >= 0.6 is 11.6 Å². The molecular weight excluding hydrogens is 401 g/mol. The van der Waals surface area contributed by atoms with Crippen LogP contribution < -0.4 is 15.8 Å². The van der Waals surface area contributed by atoms with Gasteiger partial charge in [-0.2, -0.15) is 0 Å². The Morgan fingerprint density at radius 3 is 2.48 bits per heavy atom. The van der Waals surface area contributed by atoms with E-state index in [-0.39, 0.29) is 24.0 Å². The average Bonchev–Trinajstić information content (AvgIpc) is 2.83. The van der Waals surface area contributed by atoms with Crippen molar-refractivity contribution in [2.75, 3.05) is 20.3 Å². The van der Waals surface area contributed by atoms with Gasteiger partial charge in [0.15, 0.2) is 11.6 Å². The Hall–Kier alpha value is -1.39. The highest BCUT2D eigenvalue weighted by atomic mass is 35.5. The number of halogens is 2. The third kappa shape index (κ3) is 6.05. The first kappa shape index (κ1) is 23.9. The zero-order valence-electron chi connectivity index (χ0n) is 17.5. The van der Waals surface area contributed by atoms with E-state index >= 15 is 0 Å². The fraction of sp³-hybridized carbons (Fsp3) is 0.632. The molecule has 1 aliphatic rings. The molecule has 0 spiro atoms. The summed E-state index contributed by atoms with van der Waals surface area (Å²) in [5.74, 6) is -1.44. The van der Waals surface area contributed by atoms with Gasteiger partial charge in [0.25, 0.3) is 0 Å². The highest BCUT2D eigenvalue weighted by Gasteiger charge is 2.54. The summed E-state index contributed by atoms with van der Waals surface area (Å²) in [5.41, 5.74) is 4.68. The van der Waals surface area contributed by atoms with Gasteiger partial charge < -0.3 is 29.8 Å². The summed E-state index contributed by atoms with van der Waals surface area (Å²) >= 11 is 5.76. The van der Waals surface area contributed by atoms with E-state index in [2.05, 4.69) is 5.32 Å². The number of hydrogen-bond donors (Lipinski definition) is 2. The molecule has 0 saturated carbocycles. The van der Waals surface area contributed by atoms with E-state index < -0.39 is 42.0 Å². The lowest BCUT2D eigenvalue weighted by Crippen LogP contribution is -2.54. The van der Waals surface area contributed by atoms with Crippen LogP contribution in [0.3, 0.4) is 0 Å². The molecule has 1 fully saturated rings. The zero-order chi connectivity index (χ0) is 21.8. The summed E-state index contributed by atoms with van der Waals surface area (Å²) in [7, 11) is 0.755. The number of benzene rings is 1. The van der Waals surface area contributed by atoms with Gasteiger partial charge in [0.05, 0.1) is 30.4 Å². The maximum Gasteiger partial charge on any atom is 0.481 e. The summed E-state index contributed by atoms with van der Waals surface area (Å²) in [6.07, 6.45) is 0.310. The highest BCUT2D eigenvalue weighted by Crippen LogP contribution is 2.37. The molecule has 0 radical (unpaired) electrons. The van der Waals surface area contributed by atoms with Gasteiger partial charge in [0.1, 0.15) is 6.04 Å². The van der Waals surface area contributed by atoms with Gasteiger partial charge in [0.2, 0.25) is 5.91 Å². The van der Waals surface area contributed by atoms with E-state index in [0.29, 0.717) is 6.42 Å². The van der Waals surface area contributed by atoms with Crippen LogP contribution in [0.4, 0.5) is 4.39 Å². The summed E-state index contributed by atoms with van der Waals surface area (Å²) < 4.78 is 36.5. The molecule has 0 bridgehead atoms. The minimum absolute atomic E-state index is 0.0736. The van der Waals surface area contributed by atoms with Crippen molar-refractivity contribution in [1.82, 2.24) is 5.32 Å². The predicted octanol–water partition coefficient (Wildman–Crippen LogP) is 2.34. The molecule has 2 atom stereocenters. The smallest absolute Gasteiger partial charge is 0.481 e. The fourth-order valence-electron chi connectivity index (χ4n) is 2.76. The molecule has 2 rings (SSSR count). The number of amides is 1. The molecule has 3 N–H and O–H groups in total. The highest BCUT2D eigenvalue weighted by molar-refractivity contribution is 6.48. The summed E-state index contributed by atoms with van der Waals surface area (Å²) in [6, 6.07) is 3.33. The molecule has 10 heteroatoms. The number of rotatable bonds is 9. The van der Waals surface area contributed by atoms with Gasteiger partial charge in [-0.25, -0.2) is 4.39 Å². The summed E-state index contributed by atoms with van der Waals surface area (Å²) in [5, 5.41) is 3.12. The fourth-order valence-corrected chi connectivity index (χ4v) is 2.92. The number of hydrogen-bond acceptors (Lipinski definition) is 6. The first-order valence-electron chi connectivity index (χ1n) is 9.45. The number of methoxy groups -OCH3 is 1. The van der Waals surface area contributed by atoms with Crippen molar-refractivity contribution in [3.05, 3.63) is 29.0 Å². The molecule has 1 amide bonds. The minimum Gasteiger partial charge on any atom is -0.490 e. The van der Waals surface area contributed by atoms with Crippen LogP contribution in [0, 0.1) is 5.82 Å². The second-order valence-electron chi connectivity index (χ2n) is 8.01. The third-order valence-corrected chi connectivity index (χ3v) is 5.43. The van der Waals surface area contributed by atoms with Crippen LogP contribution in [-0.2, 0) is 18.8 Å². The lowest BCUT2D eigenvalue weighted by Gasteiger charge is -2.32. The van der Waals surface area contributed by atoms with E-state index in [1.807, 2.05) is 27.7 Å². The van der Waals surface area contributed by atoms with Gasteiger partial charge >= 0.3 is 7.12 Å². The number of carbonyl (C=O) groups excluding carboxylic acids is 1. The topological polar surface area (TPSA) is 92.0 Å². The van der Waals surface area contributed by atoms with Crippen molar-refractivity contribution in [1.29, 1.82) is 0 Å². The monoisotopic (exact) mass is 430 g/mol. The maximum absolute atomic E-state index is 13.9. The minimum atomic E-state index is -0.834. The molecule has 7 nitrogen and oxygen atoms in total. The van der Waals surface area contributed by atoms with Gasteiger partial charge in [-0.05, 0) is 45.9 Å². The van der Waals surface area contributed by atoms with Crippen LogP contribution in [0.25, 0.3) is 0 Å². The molecule has 1 saturated heterocycles. The Bertz CT molecular complexity index is 706. The molecule has 0 aliphatic carbocycles. The van der Waals surface area contributed by atoms with Gasteiger partial charge in [-0.15, -0.1) is 0 Å². The van der Waals surface area contributed by atoms with Gasteiger partial charge in [-0.1, -0.05) is 11.6 Å². The quantitative estimate of drug-likeness (QED) is 0.584. The predicted molar refractivity (Wildman–Crippen MR) is 109 cm³/mol. The molecule has 0 aromatic heterocycles. The van der Waals surface area contributed by atoms with Gasteiger partial charge in [-0.3, -0.25) is 4.79 Å². The second kappa shape index (κ2) is 9.62. The Balaban J connectivity index is 2.07. The molecule has 1 unspecified atom stereocenters. The van der Waals surface area contributed by atoms with E-state index in [4.69, 9.17) is 36.1 Å². The van der Waals surface area contributed by atoms with Crippen molar-refractivity contribution >= 4 is 24.6 Å². The second-order valence-corrected chi connectivity index (χ2v) is 8.45. The number of ether oxygens (including phenoxy) is 2. The largest absolute Gasteiger partial charge is 0.490 e. The van der Waals surface area contributed by atoms with E-state index in [1.165, 1.54) is 25.3 Å². The van der Waals surface area contributed by atoms with Gasteiger partial charge in [0, 0.05) is 18.6 Å². The Kier molecular flexibility index (Phi) is 7.92. The van der Waals surface area contributed by atoms with E-state index in [1.54, 1.807) is 0 Å². The van der Waals surface area contributed by atoms with Crippen molar-refractivity contribution in [3.8, 4) is 5.75 Å². The Labute approximate surface area is 176 Å². The average molecular weight is 431 g/mol. The molecule has 1 aliphatic heterocycles. The summed E-state index contributed by atoms with van der Waals surface area (Å²) in [4.78, 5) is 12.4. The Morgan fingerprint density at radius 1 is 1.31 bits per heavy atom. The molecule has 162 valence electrons. The van der Waals surface area contributed by atoms with E-state index in [0.717, 1.165) is 0 Å². The normalized spacial score (nSPS) is 19.7. The standard InChI is InChI=1S/C19H29BClFN2O5/c1-18(2)19(3,4)29-20(28-18)16(24-17(25)14(23)11-26-5)8-9-27-15-7-6-12(21)10-13(15)22/h6-7,10,14,16H,8-9,11,23H2,1-5H3,(H,24,25)/t14?,16-/m0/s1. The number of carbonyl (C=O) groups is 1. The van der Waals surface area contributed by atoms with Crippen LogP contribution in [0.5, 0.6) is 5.75 Å². The first-order chi connectivity index (χ1) is 13.5. The SMILES string of the molecule is COCC(N)C(=O)N[C@@H](CCOc1ccc(Cl)cc1F)B1OC(C)(C)C(C)(C)O1. The molecule has 29 heavy (non-hydrogen) atoms. The lowest BCUT2D eigenvalue weighted by atomic mass is 9.76. The molecule has 1 aromatic carbocycles. The van der Waals surface area contributed by atoms with Crippen LogP contribution in [-0.4, -0.2) is 56.5 Å². The van der Waals surface area contributed by atoms with Crippen molar-refractivity contribution in [2.24, 2.45) is 5.73 Å². The molecule has 1 heterocycles. The van der Waals surface area contributed by atoms with Crippen LogP contribution in [0.15, 0.2) is 18.2 Å².